The summed E-state index contributed by atoms with van der Waals surface area (Å²) in [5, 5.41) is 0. The van der Waals surface area contributed by atoms with Gasteiger partial charge in [-0.3, -0.25) is 0 Å². The molecule has 7 heavy (non-hydrogen) atoms. The molecule has 0 N–H and O–H groups in total. The molecule has 0 rings (SSSR count). The van der Waals surface area contributed by atoms with Crippen LogP contribution < -0.4 is 0 Å². The van der Waals surface area contributed by atoms with Crippen molar-refractivity contribution in [1.29, 1.82) is 0 Å². The lowest BCUT2D eigenvalue weighted by molar-refractivity contribution is 0.738. The van der Waals surface area contributed by atoms with E-state index in [4.69, 9.17) is 6.42 Å². The molecule has 0 aromatic carbocycles. The summed E-state index contributed by atoms with van der Waals surface area (Å²) in [5.74, 6) is 3.82. The van der Waals surface area contributed by atoms with Crippen LogP contribution in [0.5, 0.6) is 0 Å². The van der Waals surface area contributed by atoms with Gasteiger partial charge in [0, 0.05) is 11.7 Å². The minimum atomic E-state index is 0.378. The summed E-state index contributed by atoms with van der Waals surface area (Å²) in [5.41, 5.74) is 0. The Hall–Kier alpha value is -0.0900. The molecule has 1 heteroatoms. The Bertz CT molecular complexity index is 66.7. The summed E-state index contributed by atoms with van der Waals surface area (Å²) in [6, 6.07) is 0. The minimum Gasteiger partial charge on any atom is -0.178 e. The van der Waals surface area contributed by atoms with Gasteiger partial charge in [0.15, 0.2) is 0 Å². The first-order valence-electron chi connectivity index (χ1n) is 2.42. The van der Waals surface area contributed by atoms with E-state index in [1.807, 2.05) is 0 Å². The zero-order chi connectivity index (χ0) is 5.70. The Labute approximate surface area is 50.7 Å². The van der Waals surface area contributed by atoms with E-state index in [9.17, 15) is 0 Å². The zero-order valence-corrected chi connectivity index (χ0v) is 5.41. The van der Waals surface area contributed by atoms with Gasteiger partial charge in [0.2, 0.25) is 0 Å². The highest BCUT2D eigenvalue weighted by atomic mass is 32.1. The summed E-state index contributed by atoms with van der Waals surface area (Å²) in [4.78, 5) is 0. The SMILES string of the molecule is C#CC(CC)CS. The van der Waals surface area contributed by atoms with E-state index in [1.165, 1.54) is 0 Å². The number of rotatable bonds is 2. The predicted molar refractivity (Wildman–Crippen MR) is 36.5 cm³/mol. The van der Waals surface area contributed by atoms with Crippen LogP contribution in [0.2, 0.25) is 0 Å². The second-order valence-electron chi connectivity index (χ2n) is 1.45. The van der Waals surface area contributed by atoms with Crippen LogP contribution in [-0.2, 0) is 0 Å². The fourth-order valence-electron chi connectivity index (χ4n) is 0.300. The first-order chi connectivity index (χ1) is 3.35. The molecule has 0 bridgehead atoms. The maximum Gasteiger partial charge on any atom is 0.0285 e. The molecule has 0 spiro atoms. The van der Waals surface area contributed by atoms with Crippen molar-refractivity contribution in [2.75, 3.05) is 5.75 Å². The fourth-order valence-corrected chi connectivity index (χ4v) is 0.663. The largest absolute Gasteiger partial charge is 0.178 e. The Balaban J connectivity index is 3.23. The molecule has 0 aliphatic carbocycles. The highest BCUT2D eigenvalue weighted by molar-refractivity contribution is 7.80. The van der Waals surface area contributed by atoms with Crippen molar-refractivity contribution >= 4 is 12.6 Å². The monoisotopic (exact) mass is 114 g/mol. The van der Waals surface area contributed by atoms with Crippen molar-refractivity contribution in [2.24, 2.45) is 5.92 Å². The highest BCUT2D eigenvalue weighted by Gasteiger charge is 1.93. The molecule has 0 aliphatic heterocycles. The third-order valence-electron chi connectivity index (χ3n) is 0.949. The molecule has 0 aliphatic rings. The standard InChI is InChI=1S/C6H10S/c1-3-6(4-2)5-7/h1,6-7H,4-5H2,2H3. The van der Waals surface area contributed by atoms with Gasteiger partial charge in [-0.15, -0.1) is 12.3 Å². The van der Waals surface area contributed by atoms with E-state index in [0.29, 0.717) is 5.92 Å². The molecule has 1 unspecified atom stereocenters. The normalized spacial score (nSPS) is 12.7. The third-order valence-corrected chi connectivity index (χ3v) is 1.39. The van der Waals surface area contributed by atoms with Gasteiger partial charge < -0.3 is 0 Å². The van der Waals surface area contributed by atoms with Crippen LogP contribution in [0.3, 0.4) is 0 Å². The van der Waals surface area contributed by atoms with Crippen molar-refractivity contribution in [3.63, 3.8) is 0 Å². The Morgan fingerprint density at radius 1 is 1.86 bits per heavy atom. The number of hydrogen-bond donors (Lipinski definition) is 1. The van der Waals surface area contributed by atoms with E-state index in [1.54, 1.807) is 0 Å². The molecular formula is C6H10S. The average Bonchev–Trinajstić information content (AvgIpc) is 1.72. The number of terminal acetylenes is 1. The molecule has 0 amide bonds. The maximum atomic E-state index is 5.09. The van der Waals surface area contributed by atoms with Gasteiger partial charge in [-0.2, -0.15) is 12.6 Å². The van der Waals surface area contributed by atoms with Gasteiger partial charge in [0.05, 0.1) is 0 Å². The van der Waals surface area contributed by atoms with Crippen LogP contribution >= 0.6 is 12.6 Å². The van der Waals surface area contributed by atoms with Crippen molar-refractivity contribution in [2.45, 2.75) is 13.3 Å². The van der Waals surface area contributed by atoms with Crippen molar-refractivity contribution in [1.82, 2.24) is 0 Å². The molecular weight excluding hydrogens is 104 g/mol. The van der Waals surface area contributed by atoms with Crippen molar-refractivity contribution < 1.29 is 0 Å². The van der Waals surface area contributed by atoms with E-state index in [2.05, 4.69) is 25.5 Å². The Morgan fingerprint density at radius 2 is 2.43 bits per heavy atom. The highest BCUT2D eigenvalue weighted by Crippen LogP contribution is 2.00. The first-order valence-corrected chi connectivity index (χ1v) is 3.05. The second-order valence-corrected chi connectivity index (χ2v) is 1.82. The molecule has 0 heterocycles. The molecule has 0 aromatic heterocycles. The second kappa shape index (κ2) is 4.08. The molecule has 1 atom stereocenters. The molecule has 40 valence electrons. The van der Waals surface area contributed by atoms with Crippen LogP contribution in [0.4, 0.5) is 0 Å². The van der Waals surface area contributed by atoms with Crippen LogP contribution in [0.1, 0.15) is 13.3 Å². The maximum absolute atomic E-state index is 5.09. The summed E-state index contributed by atoms with van der Waals surface area (Å²) < 4.78 is 0. The molecule has 0 saturated carbocycles. The van der Waals surface area contributed by atoms with Crippen molar-refractivity contribution in [3.8, 4) is 12.3 Å². The smallest absolute Gasteiger partial charge is 0.0285 e. The van der Waals surface area contributed by atoms with Gasteiger partial charge in [-0.05, 0) is 6.42 Å². The first kappa shape index (κ1) is 6.91. The molecule has 0 nitrogen and oxygen atoms in total. The average molecular weight is 114 g/mol. The quantitative estimate of drug-likeness (QED) is 0.409. The zero-order valence-electron chi connectivity index (χ0n) is 4.52. The van der Waals surface area contributed by atoms with Crippen LogP contribution in [0.15, 0.2) is 0 Å². The van der Waals surface area contributed by atoms with Crippen LogP contribution in [-0.4, -0.2) is 5.75 Å². The lowest BCUT2D eigenvalue weighted by Crippen LogP contribution is -1.93. The minimum absolute atomic E-state index is 0.378. The Morgan fingerprint density at radius 3 is 2.43 bits per heavy atom. The number of thiol groups is 1. The topological polar surface area (TPSA) is 0 Å². The summed E-state index contributed by atoms with van der Waals surface area (Å²) in [6.45, 7) is 2.07. The number of hydrogen-bond acceptors (Lipinski definition) is 1. The van der Waals surface area contributed by atoms with Gasteiger partial charge >= 0.3 is 0 Å². The molecule has 0 saturated heterocycles. The van der Waals surface area contributed by atoms with Gasteiger partial charge in [-0.1, -0.05) is 6.92 Å². The summed E-state index contributed by atoms with van der Waals surface area (Å²) in [6.07, 6.45) is 6.14. The lowest BCUT2D eigenvalue weighted by atomic mass is 10.1. The fraction of sp³-hybridized carbons (Fsp3) is 0.667. The van der Waals surface area contributed by atoms with Gasteiger partial charge in [0.25, 0.3) is 0 Å². The third kappa shape index (κ3) is 2.59. The van der Waals surface area contributed by atoms with Crippen LogP contribution in [0, 0.1) is 18.3 Å². The lowest BCUT2D eigenvalue weighted by Gasteiger charge is -1.97. The van der Waals surface area contributed by atoms with Gasteiger partial charge in [-0.25, -0.2) is 0 Å². The predicted octanol–water partition coefficient (Wildman–Crippen LogP) is 1.58. The summed E-state index contributed by atoms with van der Waals surface area (Å²) >= 11 is 4.03. The van der Waals surface area contributed by atoms with Crippen molar-refractivity contribution in [3.05, 3.63) is 0 Å². The summed E-state index contributed by atoms with van der Waals surface area (Å²) in [7, 11) is 0. The molecule has 0 radical (unpaired) electrons. The van der Waals surface area contributed by atoms with Gasteiger partial charge in [0.1, 0.15) is 0 Å². The van der Waals surface area contributed by atoms with E-state index >= 15 is 0 Å². The van der Waals surface area contributed by atoms with E-state index in [-0.39, 0.29) is 0 Å². The molecule has 0 fully saturated rings. The Kier molecular flexibility index (Phi) is 4.03. The van der Waals surface area contributed by atoms with E-state index < -0.39 is 0 Å². The molecule has 0 aromatic rings. The van der Waals surface area contributed by atoms with E-state index in [0.717, 1.165) is 12.2 Å². The van der Waals surface area contributed by atoms with Crippen LogP contribution in [0.25, 0.3) is 0 Å².